The molecule has 158 valence electrons. The maximum absolute atomic E-state index is 13.7. The summed E-state index contributed by atoms with van der Waals surface area (Å²) < 4.78 is 5.32. The van der Waals surface area contributed by atoms with Gasteiger partial charge < -0.3 is 4.74 Å². The van der Waals surface area contributed by atoms with Crippen molar-refractivity contribution in [1.82, 2.24) is 4.90 Å². The molecule has 29 heavy (non-hydrogen) atoms. The Bertz CT molecular complexity index is 809. The van der Waals surface area contributed by atoms with Crippen molar-refractivity contribution in [2.45, 2.75) is 66.8 Å². The Balaban J connectivity index is 1.92. The first-order valence-corrected chi connectivity index (χ1v) is 10.7. The molecule has 3 rings (SSSR count). The molecule has 4 heteroatoms. The monoisotopic (exact) mass is 397 g/mol. The number of carbonyl (C=O) groups excluding carboxylic acids is 2. The van der Waals surface area contributed by atoms with Crippen molar-refractivity contribution in [3.63, 3.8) is 0 Å². The van der Waals surface area contributed by atoms with Gasteiger partial charge in [0, 0.05) is 11.3 Å². The number of benzene rings is 1. The van der Waals surface area contributed by atoms with Crippen LogP contribution in [0.2, 0.25) is 0 Å². The summed E-state index contributed by atoms with van der Waals surface area (Å²) in [5, 5.41) is 0. The molecule has 1 aliphatic carbocycles. The number of hydrogen-bond donors (Lipinski definition) is 0. The van der Waals surface area contributed by atoms with Gasteiger partial charge in [-0.3, -0.25) is 4.79 Å². The van der Waals surface area contributed by atoms with Gasteiger partial charge in [0.15, 0.2) is 0 Å². The van der Waals surface area contributed by atoms with Crippen LogP contribution in [-0.4, -0.2) is 29.5 Å². The van der Waals surface area contributed by atoms with Gasteiger partial charge in [-0.2, -0.15) is 0 Å². The number of rotatable bonds is 6. The molecule has 0 radical (unpaired) electrons. The van der Waals surface area contributed by atoms with Gasteiger partial charge >= 0.3 is 6.09 Å². The molecular weight excluding hydrogens is 362 g/mol. The van der Waals surface area contributed by atoms with E-state index in [0.29, 0.717) is 6.42 Å². The predicted octanol–water partition coefficient (Wildman–Crippen LogP) is 5.62. The summed E-state index contributed by atoms with van der Waals surface area (Å²) >= 11 is 0. The number of nitrogens with zero attached hydrogens (tertiary/aromatic N) is 1. The lowest BCUT2D eigenvalue weighted by atomic mass is 9.52. The summed E-state index contributed by atoms with van der Waals surface area (Å²) in [5.74, 6) is -0.455. The summed E-state index contributed by atoms with van der Waals surface area (Å²) in [6, 6.07) is 9.70. The van der Waals surface area contributed by atoms with Crippen molar-refractivity contribution in [2.75, 3.05) is 6.61 Å². The van der Waals surface area contributed by atoms with Crippen LogP contribution >= 0.6 is 0 Å². The minimum atomic E-state index is -0.515. The average molecular weight is 398 g/mol. The largest absolute Gasteiger partial charge is 0.447 e. The maximum atomic E-state index is 13.7. The molecule has 4 atom stereocenters. The Kier molecular flexibility index (Phi) is 5.44. The van der Waals surface area contributed by atoms with E-state index >= 15 is 0 Å². The van der Waals surface area contributed by atoms with E-state index in [9.17, 15) is 9.59 Å². The number of allylic oxidation sites excluding steroid dienone is 1. The van der Waals surface area contributed by atoms with Crippen LogP contribution in [0.25, 0.3) is 0 Å². The minimum Gasteiger partial charge on any atom is -0.447 e. The van der Waals surface area contributed by atoms with E-state index in [1.54, 1.807) is 0 Å². The Morgan fingerprint density at radius 3 is 2.34 bits per heavy atom. The zero-order valence-corrected chi connectivity index (χ0v) is 18.7. The molecule has 0 N–H and O–H groups in total. The molecule has 1 aromatic carbocycles. The normalized spacial score (nSPS) is 27.4. The van der Waals surface area contributed by atoms with Crippen molar-refractivity contribution in [3.05, 3.63) is 48.0 Å². The minimum absolute atomic E-state index is 0.0567. The van der Waals surface area contributed by atoms with Gasteiger partial charge in [0.2, 0.25) is 5.91 Å². The Labute approximate surface area is 175 Å². The third-order valence-corrected chi connectivity index (χ3v) is 7.97. The second-order valence-corrected chi connectivity index (χ2v) is 10.0. The highest BCUT2D eigenvalue weighted by Crippen LogP contribution is 2.72. The lowest BCUT2D eigenvalue weighted by molar-refractivity contribution is -0.145. The zero-order valence-electron chi connectivity index (χ0n) is 18.7. The van der Waals surface area contributed by atoms with Crippen molar-refractivity contribution < 1.29 is 14.3 Å². The van der Waals surface area contributed by atoms with Gasteiger partial charge in [-0.25, -0.2) is 9.69 Å². The van der Waals surface area contributed by atoms with Crippen LogP contribution in [0.3, 0.4) is 0 Å². The molecule has 1 aromatic rings. The second-order valence-electron chi connectivity index (χ2n) is 10.0. The highest BCUT2D eigenvalue weighted by Gasteiger charge is 2.66. The predicted molar refractivity (Wildman–Crippen MR) is 115 cm³/mol. The Hall–Kier alpha value is -2.10. The molecule has 0 bridgehead atoms. The molecule has 2 fully saturated rings. The summed E-state index contributed by atoms with van der Waals surface area (Å²) in [6.45, 7) is 17.5. The van der Waals surface area contributed by atoms with Gasteiger partial charge in [-0.1, -0.05) is 84.0 Å². The molecule has 2 aliphatic rings. The molecule has 4 nitrogen and oxygen atoms in total. The molecule has 1 heterocycles. The number of imide groups is 1. The van der Waals surface area contributed by atoms with Gasteiger partial charge in [0.1, 0.15) is 6.61 Å². The second kappa shape index (κ2) is 7.30. The highest BCUT2D eigenvalue weighted by atomic mass is 16.6. The van der Waals surface area contributed by atoms with E-state index in [-0.39, 0.29) is 40.7 Å². The maximum Gasteiger partial charge on any atom is 0.416 e. The topological polar surface area (TPSA) is 46.6 Å². The van der Waals surface area contributed by atoms with E-state index in [1.165, 1.54) is 10.5 Å². The van der Waals surface area contributed by atoms with E-state index in [4.69, 9.17) is 4.74 Å². The van der Waals surface area contributed by atoms with E-state index in [2.05, 4.69) is 41.2 Å². The molecule has 4 unspecified atom stereocenters. The summed E-state index contributed by atoms with van der Waals surface area (Å²) in [4.78, 5) is 27.7. The highest BCUT2D eigenvalue weighted by molar-refractivity contribution is 5.95. The van der Waals surface area contributed by atoms with Crippen LogP contribution < -0.4 is 0 Å². The first kappa shape index (κ1) is 21.6. The van der Waals surface area contributed by atoms with E-state index < -0.39 is 6.09 Å². The van der Waals surface area contributed by atoms with E-state index in [0.717, 1.165) is 18.4 Å². The van der Waals surface area contributed by atoms with Crippen LogP contribution in [0.15, 0.2) is 42.5 Å². The average Bonchev–Trinajstić information content (AvgIpc) is 3.22. The molecule has 2 amide bonds. The summed E-state index contributed by atoms with van der Waals surface area (Å²) in [7, 11) is 0. The third-order valence-electron chi connectivity index (χ3n) is 7.97. The molecule has 1 aliphatic heterocycles. The smallest absolute Gasteiger partial charge is 0.416 e. The number of carbonyl (C=O) groups is 2. The number of ether oxygens (including phenoxy) is 1. The molecular formula is C25H35NO3. The van der Waals surface area contributed by atoms with Gasteiger partial charge in [0.05, 0.1) is 6.04 Å². The quantitative estimate of drug-likeness (QED) is 0.585. The lowest BCUT2D eigenvalue weighted by Crippen LogP contribution is -2.54. The SMILES string of the molecule is C=C1CC1(CC)C(C)(C(C)C(=O)N1C(=O)OCC1Cc1ccccc1)C(C)(C)C. The van der Waals surface area contributed by atoms with Crippen molar-refractivity contribution in [2.24, 2.45) is 22.2 Å². The van der Waals surface area contributed by atoms with Gasteiger partial charge in [-0.05, 0) is 35.7 Å². The molecule has 1 saturated carbocycles. The van der Waals surface area contributed by atoms with E-state index in [1.807, 2.05) is 37.3 Å². The third kappa shape index (κ3) is 3.31. The van der Waals surface area contributed by atoms with Crippen molar-refractivity contribution in [1.29, 1.82) is 0 Å². The molecule has 0 spiro atoms. The van der Waals surface area contributed by atoms with Crippen molar-refractivity contribution in [3.8, 4) is 0 Å². The van der Waals surface area contributed by atoms with Crippen LogP contribution in [0, 0.1) is 22.2 Å². The molecule has 1 saturated heterocycles. The fraction of sp³-hybridized carbons (Fsp3) is 0.600. The first-order chi connectivity index (χ1) is 13.5. The van der Waals surface area contributed by atoms with Crippen molar-refractivity contribution >= 4 is 12.0 Å². The fourth-order valence-electron chi connectivity index (χ4n) is 5.62. The Morgan fingerprint density at radius 2 is 1.86 bits per heavy atom. The number of cyclic esters (lactones) is 1. The number of amides is 2. The zero-order chi connectivity index (χ0) is 21.6. The molecule has 0 aromatic heterocycles. The van der Waals surface area contributed by atoms with Crippen LogP contribution in [0.1, 0.15) is 59.9 Å². The fourth-order valence-corrected chi connectivity index (χ4v) is 5.62. The standard InChI is InChI=1S/C25H35NO3/c1-8-25(15-17(25)2)24(7,23(4,5)6)18(3)21(27)26-20(16-29-22(26)28)14-19-12-10-9-11-13-19/h9-13,18,20H,2,8,14-16H2,1,3-7H3. The number of hydrogen-bond acceptors (Lipinski definition) is 3. The van der Waals surface area contributed by atoms with Crippen LogP contribution in [0.4, 0.5) is 4.79 Å². The van der Waals surface area contributed by atoms with Crippen LogP contribution in [0.5, 0.6) is 0 Å². The first-order valence-electron chi connectivity index (χ1n) is 10.7. The lowest BCUT2D eigenvalue weighted by Gasteiger charge is -2.52. The Morgan fingerprint density at radius 1 is 1.28 bits per heavy atom. The van der Waals surface area contributed by atoms with Crippen LogP contribution in [-0.2, 0) is 16.0 Å². The summed E-state index contributed by atoms with van der Waals surface area (Å²) in [6.07, 6.45) is 2.00. The van der Waals surface area contributed by atoms with Gasteiger partial charge in [-0.15, -0.1) is 0 Å². The van der Waals surface area contributed by atoms with Gasteiger partial charge in [0.25, 0.3) is 0 Å². The summed E-state index contributed by atoms with van der Waals surface area (Å²) in [5.41, 5.74) is 1.82.